The lowest BCUT2D eigenvalue weighted by molar-refractivity contribution is 0.0498. The van der Waals surface area contributed by atoms with Gasteiger partial charge < -0.3 is 25.0 Å². The van der Waals surface area contributed by atoms with Crippen LogP contribution in [0.2, 0.25) is 0 Å². The van der Waals surface area contributed by atoms with Crippen LogP contribution >= 0.6 is 11.3 Å². The summed E-state index contributed by atoms with van der Waals surface area (Å²) in [6.07, 6.45) is 5.37. The van der Waals surface area contributed by atoms with Gasteiger partial charge in [-0.1, -0.05) is 0 Å². The third kappa shape index (κ3) is 5.27. The molecular weight excluding hydrogens is 518 g/mol. The molecule has 3 aromatic heterocycles. The molecule has 0 aliphatic carbocycles. The van der Waals surface area contributed by atoms with Crippen LogP contribution in [-0.4, -0.2) is 71.0 Å². The number of carbonyl (C=O) groups is 1. The molecule has 2 N–H and O–H groups in total. The van der Waals surface area contributed by atoms with Gasteiger partial charge in [0, 0.05) is 64.1 Å². The number of imidazole rings is 1. The standard InChI is InChI=1S/C27H31N7O4S/c1-32-24-14-19(38-16-18-5-12-37-13-6-18)2-3-23(24)34(27(32)36)26-31-21(17-39-26)25(35)30-20-15-29-7-4-22(20)33-10-8-28-9-11-33/h2-4,7,14-15,17-18,28H,5-6,8-13,16H2,1H3,(H,30,35). The summed E-state index contributed by atoms with van der Waals surface area (Å²) in [6, 6.07) is 7.53. The second-order valence-electron chi connectivity index (χ2n) is 9.79. The lowest BCUT2D eigenvalue weighted by Crippen LogP contribution is -2.43. The minimum atomic E-state index is -0.348. The van der Waals surface area contributed by atoms with Gasteiger partial charge in [-0.2, -0.15) is 0 Å². The highest BCUT2D eigenvalue weighted by molar-refractivity contribution is 7.12. The average molecular weight is 550 g/mol. The number of fused-ring (bicyclic) bond motifs is 1. The van der Waals surface area contributed by atoms with Crippen molar-refractivity contribution in [3.05, 3.63) is 58.2 Å². The van der Waals surface area contributed by atoms with Gasteiger partial charge in [0.1, 0.15) is 11.4 Å². The summed E-state index contributed by atoms with van der Waals surface area (Å²) in [5.74, 6) is 0.846. The predicted octanol–water partition coefficient (Wildman–Crippen LogP) is 2.65. The van der Waals surface area contributed by atoms with E-state index in [2.05, 4.69) is 25.5 Å². The van der Waals surface area contributed by atoms with E-state index in [9.17, 15) is 9.59 Å². The van der Waals surface area contributed by atoms with Crippen LogP contribution in [0.4, 0.5) is 11.4 Å². The molecule has 0 radical (unpaired) electrons. The number of rotatable bonds is 7. The van der Waals surface area contributed by atoms with Crippen molar-refractivity contribution in [2.24, 2.45) is 13.0 Å². The number of anilines is 2. The normalized spacial score (nSPS) is 16.5. The Morgan fingerprint density at radius 1 is 1.21 bits per heavy atom. The second kappa shape index (κ2) is 11.2. The Morgan fingerprint density at radius 3 is 2.85 bits per heavy atom. The number of ether oxygens (including phenoxy) is 2. The van der Waals surface area contributed by atoms with Gasteiger partial charge in [0.15, 0.2) is 5.13 Å². The summed E-state index contributed by atoms with van der Waals surface area (Å²) in [6.45, 7) is 5.64. The van der Waals surface area contributed by atoms with Crippen LogP contribution in [-0.2, 0) is 11.8 Å². The number of nitrogens with one attached hydrogen (secondary N) is 2. The Labute approximate surface area is 229 Å². The SMILES string of the molecule is Cn1c(=O)n(-c2nc(C(=O)Nc3cnccc3N3CCNCC3)cs2)c2ccc(OCC3CCOCC3)cc21. The van der Waals surface area contributed by atoms with Gasteiger partial charge in [-0.05, 0) is 37.0 Å². The minimum Gasteiger partial charge on any atom is -0.493 e. The number of aryl methyl sites for hydroxylation is 1. The van der Waals surface area contributed by atoms with E-state index in [0.29, 0.717) is 28.9 Å². The van der Waals surface area contributed by atoms with Crippen LogP contribution in [0.5, 0.6) is 5.75 Å². The molecule has 12 heteroatoms. The first-order valence-electron chi connectivity index (χ1n) is 13.2. The fourth-order valence-corrected chi connectivity index (χ4v) is 5.85. The smallest absolute Gasteiger partial charge is 0.335 e. The second-order valence-corrected chi connectivity index (χ2v) is 10.6. The van der Waals surface area contributed by atoms with Gasteiger partial charge in [-0.25, -0.2) is 14.3 Å². The van der Waals surface area contributed by atoms with Crippen molar-refractivity contribution in [3.63, 3.8) is 0 Å². The summed E-state index contributed by atoms with van der Waals surface area (Å²) in [7, 11) is 1.73. The van der Waals surface area contributed by atoms with E-state index in [1.807, 2.05) is 24.3 Å². The lowest BCUT2D eigenvalue weighted by atomic mass is 10.0. The van der Waals surface area contributed by atoms with E-state index >= 15 is 0 Å². The van der Waals surface area contributed by atoms with E-state index in [1.165, 1.54) is 15.9 Å². The third-order valence-electron chi connectivity index (χ3n) is 7.27. The van der Waals surface area contributed by atoms with Crippen molar-refractivity contribution < 1.29 is 14.3 Å². The summed E-state index contributed by atoms with van der Waals surface area (Å²) in [4.78, 5) is 37.3. The Balaban J connectivity index is 1.21. The van der Waals surface area contributed by atoms with E-state index < -0.39 is 0 Å². The van der Waals surface area contributed by atoms with Crippen LogP contribution in [0, 0.1) is 5.92 Å². The van der Waals surface area contributed by atoms with Crippen LogP contribution < -0.4 is 26.0 Å². The zero-order valence-electron chi connectivity index (χ0n) is 21.8. The first-order valence-corrected chi connectivity index (χ1v) is 14.1. The lowest BCUT2D eigenvalue weighted by Gasteiger charge is -2.30. The fourth-order valence-electron chi connectivity index (χ4n) is 5.04. The molecule has 2 aliphatic rings. The number of amides is 1. The highest BCUT2D eigenvalue weighted by atomic mass is 32.1. The van der Waals surface area contributed by atoms with Crippen molar-refractivity contribution in [2.75, 3.05) is 56.2 Å². The van der Waals surface area contributed by atoms with Crippen LogP contribution in [0.1, 0.15) is 23.3 Å². The first-order chi connectivity index (χ1) is 19.1. The maximum atomic E-state index is 13.2. The van der Waals surface area contributed by atoms with Crippen molar-refractivity contribution in [3.8, 4) is 10.9 Å². The van der Waals surface area contributed by atoms with Crippen LogP contribution in [0.25, 0.3) is 16.2 Å². The van der Waals surface area contributed by atoms with Gasteiger partial charge >= 0.3 is 5.69 Å². The van der Waals surface area contributed by atoms with Crippen LogP contribution in [0.15, 0.2) is 46.8 Å². The number of pyridine rings is 1. The summed E-state index contributed by atoms with van der Waals surface area (Å²) < 4.78 is 14.6. The van der Waals surface area contributed by atoms with Gasteiger partial charge in [-0.3, -0.25) is 14.3 Å². The summed E-state index contributed by atoms with van der Waals surface area (Å²) in [5, 5.41) is 8.39. The molecule has 2 saturated heterocycles. The molecule has 1 aromatic carbocycles. The number of hydrogen-bond donors (Lipinski definition) is 2. The van der Waals surface area contributed by atoms with Gasteiger partial charge in [0.05, 0.1) is 35.2 Å². The molecule has 2 aliphatic heterocycles. The number of carbonyl (C=O) groups excluding carboxylic acids is 1. The van der Waals surface area contributed by atoms with Crippen molar-refractivity contribution in [1.82, 2.24) is 24.4 Å². The molecule has 0 atom stereocenters. The van der Waals surface area contributed by atoms with Gasteiger partial charge in [0.2, 0.25) is 0 Å². The molecular formula is C27H31N7O4S. The molecule has 0 bridgehead atoms. The van der Waals surface area contributed by atoms with E-state index in [-0.39, 0.29) is 17.3 Å². The van der Waals surface area contributed by atoms with Gasteiger partial charge in [-0.15, -0.1) is 11.3 Å². The zero-order chi connectivity index (χ0) is 26.8. The predicted molar refractivity (Wildman–Crippen MR) is 150 cm³/mol. The highest BCUT2D eigenvalue weighted by Crippen LogP contribution is 2.27. The number of thiazole rings is 1. The first kappa shape index (κ1) is 25.5. The molecule has 2 fully saturated rings. The summed E-state index contributed by atoms with van der Waals surface area (Å²) in [5.41, 5.74) is 3.01. The molecule has 0 spiro atoms. The molecule has 11 nitrogen and oxygen atoms in total. The molecule has 0 saturated carbocycles. The van der Waals surface area contributed by atoms with Crippen molar-refractivity contribution >= 4 is 39.7 Å². The average Bonchev–Trinajstić information content (AvgIpc) is 3.56. The fraction of sp³-hybridized carbons (Fsp3) is 0.407. The number of benzene rings is 1. The number of piperazine rings is 1. The molecule has 0 unspecified atom stereocenters. The van der Waals surface area contributed by atoms with Crippen LogP contribution in [0.3, 0.4) is 0 Å². The Bertz CT molecular complexity index is 1530. The zero-order valence-corrected chi connectivity index (χ0v) is 22.6. The maximum Gasteiger partial charge on any atom is 0.335 e. The number of nitrogens with zero attached hydrogens (tertiary/aromatic N) is 5. The van der Waals surface area contributed by atoms with E-state index in [0.717, 1.165) is 69.2 Å². The Hall–Kier alpha value is -3.74. The monoisotopic (exact) mass is 549 g/mol. The maximum absolute atomic E-state index is 13.2. The molecule has 4 aromatic rings. The van der Waals surface area contributed by atoms with E-state index in [1.54, 1.807) is 29.4 Å². The van der Waals surface area contributed by atoms with Crippen molar-refractivity contribution in [2.45, 2.75) is 12.8 Å². The number of hydrogen-bond acceptors (Lipinski definition) is 9. The Morgan fingerprint density at radius 2 is 2.03 bits per heavy atom. The molecule has 5 heterocycles. The molecule has 204 valence electrons. The topological polar surface area (TPSA) is 116 Å². The van der Waals surface area contributed by atoms with E-state index in [4.69, 9.17) is 9.47 Å². The quantitative estimate of drug-likeness (QED) is 0.362. The van der Waals surface area contributed by atoms with Crippen molar-refractivity contribution in [1.29, 1.82) is 0 Å². The number of aromatic nitrogens is 4. The minimum absolute atomic E-state index is 0.235. The third-order valence-corrected chi connectivity index (χ3v) is 8.10. The highest BCUT2D eigenvalue weighted by Gasteiger charge is 2.21. The summed E-state index contributed by atoms with van der Waals surface area (Å²) >= 11 is 1.25. The van der Waals surface area contributed by atoms with Gasteiger partial charge in [0.25, 0.3) is 5.91 Å². The molecule has 6 rings (SSSR count). The Kier molecular flexibility index (Phi) is 7.31. The molecule has 39 heavy (non-hydrogen) atoms. The molecule has 1 amide bonds. The largest absolute Gasteiger partial charge is 0.493 e.